The Morgan fingerprint density at radius 1 is 0.808 bits per heavy atom. The number of rotatable bonds is 6. The minimum absolute atomic E-state index is 0.116. The minimum Gasteiger partial charge on any atom is -0.394 e. The van der Waals surface area contributed by atoms with Crippen LogP contribution in [-0.2, 0) is 6.42 Å². The first-order valence-corrected chi connectivity index (χ1v) is 8.62. The van der Waals surface area contributed by atoms with Gasteiger partial charge in [-0.15, -0.1) is 0 Å². The smallest absolute Gasteiger partial charge is 0.319 e. The summed E-state index contributed by atoms with van der Waals surface area (Å²) >= 11 is 0. The fraction of sp³-hybridized carbons (Fsp3) is 0.136. The number of nitrogens with one attached hydrogen (secondary N) is 2. The fourth-order valence-corrected chi connectivity index (χ4v) is 2.79. The van der Waals surface area contributed by atoms with Crippen LogP contribution in [0.3, 0.4) is 0 Å². The fourth-order valence-electron chi connectivity index (χ4n) is 2.79. The van der Waals surface area contributed by atoms with Gasteiger partial charge in [-0.2, -0.15) is 0 Å². The van der Waals surface area contributed by atoms with Crippen molar-refractivity contribution in [2.24, 2.45) is 0 Å². The van der Waals surface area contributed by atoms with E-state index in [1.807, 2.05) is 84.9 Å². The molecule has 1 atom stereocenters. The molecule has 0 bridgehead atoms. The molecule has 4 nitrogen and oxygen atoms in total. The summed E-state index contributed by atoms with van der Waals surface area (Å²) in [7, 11) is 0. The van der Waals surface area contributed by atoms with Crippen LogP contribution in [0.15, 0.2) is 84.9 Å². The molecule has 26 heavy (non-hydrogen) atoms. The Bertz CT molecular complexity index is 818. The van der Waals surface area contributed by atoms with Crippen LogP contribution in [0.4, 0.5) is 10.5 Å². The van der Waals surface area contributed by atoms with Crippen molar-refractivity contribution in [1.82, 2.24) is 5.32 Å². The number of aliphatic hydroxyl groups is 1. The number of urea groups is 1. The van der Waals surface area contributed by atoms with Crippen molar-refractivity contribution in [3.63, 3.8) is 0 Å². The molecule has 0 aliphatic rings. The van der Waals surface area contributed by atoms with Crippen LogP contribution in [0.1, 0.15) is 5.56 Å². The number of aliphatic hydroxyl groups excluding tert-OH is 1. The molecule has 0 saturated heterocycles. The topological polar surface area (TPSA) is 61.4 Å². The number of hydrogen-bond donors (Lipinski definition) is 3. The maximum Gasteiger partial charge on any atom is 0.319 e. The highest BCUT2D eigenvalue weighted by molar-refractivity contribution is 5.89. The summed E-state index contributed by atoms with van der Waals surface area (Å²) in [5, 5.41) is 15.1. The zero-order valence-corrected chi connectivity index (χ0v) is 14.4. The van der Waals surface area contributed by atoms with Crippen molar-refractivity contribution < 1.29 is 9.90 Å². The Hall–Kier alpha value is -3.11. The summed E-state index contributed by atoms with van der Waals surface area (Å²) in [6.45, 7) is -0.116. The molecule has 132 valence electrons. The van der Waals surface area contributed by atoms with Crippen LogP contribution in [-0.4, -0.2) is 23.8 Å². The van der Waals surface area contributed by atoms with E-state index < -0.39 is 0 Å². The average Bonchev–Trinajstić information content (AvgIpc) is 2.69. The van der Waals surface area contributed by atoms with Gasteiger partial charge in [0, 0.05) is 5.69 Å². The van der Waals surface area contributed by atoms with Crippen molar-refractivity contribution >= 4 is 11.7 Å². The lowest BCUT2D eigenvalue weighted by Gasteiger charge is -2.17. The van der Waals surface area contributed by atoms with Gasteiger partial charge >= 0.3 is 6.03 Å². The molecule has 2 amide bonds. The molecular weight excluding hydrogens is 324 g/mol. The Morgan fingerprint density at radius 2 is 1.38 bits per heavy atom. The molecule has 3 aromatic rings. The van der Waals surface area contributed by atoms with Crippen molar-refractivity contribution in [3.05, 3.63) is 90.5 Å². The lowest BCUT2D eigenvalue weighted by molar-refractivity contribution is 0.224. The summed E-state index contributed by atoms with van der Waals surface area (Å²) in [5.74, 6) is 0. The third-order valence-corrected chi connectivity index (χ3v) is 4.13. The van der Waals surface area contributed by atoms with Crippen LogP contribution in [0, 0.1) is 0 Å². The van der Waals surface area contributed by atoms with E-state index in [9.17, 15) is 9.90 Å². The molecule has 0 heterocycles. The minimum atomic E-state index is -0.332. The predicted octanol–water partition coefficient (Wildman–Crippen LogP) is 4.08. The highest BCUT2D eigenvalue weighted by atomic mass is 16.3. The molecule has 1 unspecified atom stereocenters. The summed E-state index contributed by atoms with van der Waals surface area (Å²) in [5.41, 5.74) is 4.00. The third-order valence-electron chi connectivity index (χ3n) is 4.13. The predicted molar refractivity (Wildman–Crippen MR) is 105 cm³/mol. The van der Waals surface area contributed by atoms with E-state index in [1.165, 1.54) is 0 Å². The van der Waals surface area contributed by atoms with Gasteiger partial charge < -0.3 is 15.7 Å². The molecule has 0 spiro atoms. The third kappa shape index (κ3) is 4.94. The van der Waals surface area contributed by atoms with Crippen LogP contribution in [0.25, 0.3) is 11.1 Å². The lowest BCUT2D eigenvalue weighted by atomic mass is 10.1. The first-order valence-electron chi connectivity index (χ1n) is 8.62. The summed E-state index contributed by atoms with van der Waals surface area (Å²) in [6.07, 6.45) is 0.581. The zero-order valence-electron chi connectivity index (χ0n) is 14.4. The van der Waals surface area contributed by atoms with E-state index in [0.717, 1.165) is 16.7 Å². The van der Waals surface area contributed by atoms with Crippen LogP contribution >= 0.6 is 0 Å². The zero-order chi connectivity index (χ0) is 18.2. The van der Waals surface area contributed by atoms with E-state index in [2.05, 4.69) is 10.6 Å². The Kier molecular flexibility index (Phi) is 6.01. The van der Waals surface area contributed by atoms with Crippen LogP contribution in [0.5, 0.6) is 0 Å². The van der Waals surface area contributed by atoms with Gasteiger partial charge in [-0.3, -0.25) is 0 Å². The Balaban J connectivity index is 1.57. The maximum absolute atomic E-state index is 12.2. The molecule has 3 aromatic carbocycles. The molecule has 0 saturated carbocycles. The van der Waals surface area contributed by atoms with Crippen molar-refractivity contribution in [2.45, 2.75) is 12.5 Å². The standard InChI is InChI=1S/C22H22N2O2/c25-16-21(15-17-7-3-1-4-8-17)24-22(26)23-20-13-11-19(12-14-20)18-9-5-2-6-10-18/h1-14,21,25H,15-16H2,(H2,23,24,26). The van der Waals surface area contributed by atoms with Gasteiger partial charge in [0.05, 0.1) is 12.6 Å². The van der Waals surface area contributed by atoms with E-state index in [0.29, 0.717) is 12.1 Å². The average molecular weight is 346 g/mol. The second-order valence-corrected chi connectivity index (χ2v) is 6.11. The SMILES string of the molecule is O=C(Nc1ccc(-c2ccccc2)cc1)NC(CO)Cc1ccccc1. The molecule has 0 aliphatic heterocycles. The van der Waals surface area contributed by atoms with Crippen molar-refractivity contribution in [1.29, 1.82) is 0 Å². The number of carbonyl (C=O) groups excluding carboxylic acids is 1. The van der Waals surface area contributed by atoms with Gasteiger partial charge in [0.25, 0.3) is 0 Å². The lowest BCUT2D eigenvalue weighted by Crippen LogP contribution is -2.41. The van der Waals surface area contributed by atoms with Gasteiger partial charge in [0.1, 0.15) is 0 Å². The highest BCUT2D eigenvalue weighted by Crippen LogP contribution is 2.20. The van der Waals surface area contributed by atoms with Gasteiger partial charge in [-0.25, -0.2) is 4.79 Å². The summed E-state index contributed by atoms with van der Waals surface area (Å²) < 4.78 is 0. The Labute approximate surface area is 153 Å². The first-order chi connectivity index (χ1) is 12.7. The number of anilines is 1. The molecule has 4 heteroatoms. The van der Waals surface area contributed by atoms with Crippen LogP contribution < -0.4 is 10.6 Å². The van der Waals surface area contributed by atoms with E-state index >= 15 is 0 Å². The molecule has 0 fully saturated rings. The maximum atomic E-state index is 12.2. The second-order valence-electron chi connectivity index (χ2n) is 6.11. The van der Waals surface area contributed by atoms with Crippen molar-refractivity contribution in [3.8, 4) is 11.1 Å². The normalized spacial score (nSPS) is 11.6. The second kappa shape index (κ2) is 8.83. The quantitative estimate of drug-likeness (QED) is 0.630. The molecular formula is C22H22N2O2. The molecule has 3 rings (SSSR count). The number of carbonyl (C=O) groups is 1. The molecule has 0 radical (unpaired) electrons. The first kappa shape index (κ1) is 17.7. The molecule has 0 aliphatic carbocycles. The molecule has 0 aromatic heterocycles. The van der Waals surface area contributed by atoms with Gasteiger partial charge in [-0.05, 0) is 35.2 Å². The Morgan fingerprint density at radius 3 is 2.00 bits per heavy atom. The van der Waals surface area contributed by atoms with Crippen LogP contribution in [0.2, 0.25) is 0 Å². The van der Waals surface area contributed by atoms with E-state index in [-0.39, 0.29) is 18.7 Å². The highest BCUT2D eigenvalue weighted by Gasteiger charge is 2.12. The van der Waals surface area contributed by atoms with E-state index in [4.69, 9.17) is 0 Å². The van der Waals surface area contributed by atoms with Gasteiger partial charge in [0.15, 0.2) is 0 Å². The number of benzene rings is 3. The van der Waals surface area contributed by atoms with E-state index in [1.54, 1.807) is 0 Å². The largest absolute Gasteiger partial charge is 0.394 e. The summed E-state index contributed by atoms with van der Waals surface area (Å²) in [6, 6.07) is 26.9. The van der Waals surface area contributed by atoms with Gasteiger partial charge in [0.2, 0.25) is 0 Å². The van der Waals surface area contributed by atoms with Gasteiger partial charge in [-0.1, -0.05) is 72.8 Å². The molecule has 3 N–H and O–H groups in total. The van der Waals surface area contributed by atoms with Crippen molar-refractivity contribution in [2.75, 3.05) is 11.9 Å². The number of amides is 2. The monoisotopic (exact) mass is 346 g/mol. The summed E-state index contributed by atoms with van der Waals surface area (Å²) in [4.78, 5) is 12.2. The number of hydrogen-bond acceptors (Lipinski definition) is 2.